The molecule has 1 aromatic rings. The second kappa shape index (κ2) is 4.44. The monoisotopic (exact) mass is 222 g/mol. The number of phenolic OH excluding ortho intramolecular Hbond substituents is 1. The Morgan fingerprint density at radius 1 is 1.12 bits per heavy atom. The fourth-order valence-electron chi connectivity index (χ4n) is 2.89. The summed E-state index contributed by atoms with van der Waals surface area (Å²) >= 11 is 0. The van der Waals surface area contributed by atoms with Gasteiger partial charge in [0.2, 0.25) is 0 Å². The van der Waals surface area contributed by atoms with Crippen LogP contribution in [-0.2, 0) is 5.41 Å². The Balaban J connectivity index is 2.34. The second-order valence-corrected chi connectivity index (χ2v) is 4.88. The normalized spacial score (nSPS) is 21.6. The molecule has 1 atom stereocenters. The van der Waals surface area contributed by atoms with Crippen LogP contribution in [0.25, 0.3) is 0 Å². The second-order valence-electron chi connectivity index (χ2n) is 4.88. The van der Waals surface area contributed by atoms with Crippen LogP contribution >= 0.6 is 0 Å². The number of halogens is 1. The maximum atomic E-state index is 14.0. The van der Waals surface area contributed by atoms with Gasteiger partial charge in [-0.3, -0.25) is 0 Å². The predicted octanol–water partition coefficient (Wildman–Crippen LogP) is 3.95. The van der Waals surface area contributed by atoms with Crippen molar-refractivity contribution in [2.45, 2.75) is 50.6 Å². The van der Waals surface area contributed by atoms with E-state index in [1.165, 1.54) is 6.42 Å². The van der Waals surface area contributed by atoms with Gasteiger partial charge in [0.1, 0.15) is 11.9 Å². The molecule has 1 unspecified atom stereocenters. The summed E-state index contributed by atoms with van der Waals surface area (Å²) < 4.78 is 14.0. The van der Waals surface area contributed by atoms with Gasteiger partial charge in [0.15, 0.2) is 0 Å². The van der Waals surface area contributed by atoms with Crippen LogP contribution < -0.4 is 0 Å². The molecule has 1 N–H and O–H groups in total. The topological polar surface area (TPSA) is 20.2 Å². The minimum absolute atomic E-state index is 0.251. The Labute approximate surface area is 96.3 Å². The van der Waals surface area contributed by atoms with Crippen molar-refractivity contribution in [2.24, 2.45) is 0 Å². The maximum absolute atomic E-state index is 14.0. The quantitative estimate of drug-likeness (QED) is 0.803. The summed E-state index contributed by atoms with van der Waals surface area (Å²) in [4.78, 5) is 0. The molecule has 1 saturated carbocycles. The first kappa shape index (κ1) is 11.4. The Kier molecular flexibility index (Phi) is 3.17. The van der Waals surface area contributed by atoms with E-state index in [2.05, 4.69) is 0 Å². The molecule has 0 heterocycles. The van der Waals surface area contributed by atoms with Gasteiger partial charge in [0, 0.05) is 5.41 Å². The molecule has 1 nitrogen and oxygen atoms in total. The van der Waals surface area contributed by atoms with Gasteiger partial charge in [-0.2, -0.15) is 0 Å². The Hall–Kier alpha value is -1.05. The fraction of sp³-hybridized carbons (Fsp3) is 0.571. The molecule has 16 heavy (non-hydrogen) atoms. The highest BCUT2D eigenvalue weighted by Crippen LogP contribution is 2.43. The third kappa shape index (κ3) is 1.93. The molecule has 0 aliphatic heterocycles. The van der Waals surface area contributed by atoms with Crippen LogP contribution in [0.2, 0.25) is 0 Å². The van der Waals surface area contributed by atoms with Crippen molar-refractivity contribution in [3.8, 4) is 5.75 Å². The highest BCUT2D eigenvalue weighted by atomic mass is 19.1. The molecule has 1 aromatic carbocycles. The average molecular weight is 222 g/mol. The molecule has 0 saturated heterocycles. The van der Waals surface area contributed by atoms with Crippen LogP contribution in [0.5, 0.6) is 5.75 Å². The van der Waals surface area contributed by atoms with Gasteiger partial charge >= 0.3 is 0 Å². The molecule has 0 bridgehead atoms. The smallest absolute Gasteiger partial charge is 0.115 e. The van der Waals surface area contributed by atoms with E-state index in [-0.39, 0.29) is 11.2 Å². The van der Waals surface area contributed by atoms with Crippen molar-refractivity contribution in [1.82, 2.24) is 0 Å². The zero-order chi connectivity index (χ0) is 11.6. The molecule has 0 aromatic heterocycles. The van der Waals surface area contributed by atoms with E-state index in [4.69, 9.17) is 0 Å². The van der Waals surface area contributed by atoms with Crippen LogP contribution in [0, 0.1) is 0 Å². The largest absolute Gasteiger partial charge is 0.508 e. The highest BCUT2D eigenvalue weighted by Gasteiger charge is 2.39. The molecule has 2 heteroatoms. The highest BCUT2D eigenvalue weighted by molar-refractivity contribution is 5.33. The van der Waals surface area contributed by atoms with Crippen molar-refractivity contribution in [3.05, 3.63) is 29.8 Å². The van der Waals surface area contributed by atoms with Crippen molar-refractivity contribution >= 4 is 0 Å². The number of benzene rings is 1. The van der Waals surface area contributed by atoms with Crippen molar-refractivity contribution in [3.63, 3.8) is 0 Å². The number of phenols is 1. The van der Waals surface area contributed by atoms with Crippen molar-refractivity contribution < 1.29 is 9.50 Å². The van der Waals surface area contributed by atoms with Crippen molar-refractivity contribution in [2.75, 3.05) is 0 Å². The van der Waals surface area contributed by atoms with Gasteiger partial charge in [-0.15, -0.1) is 0 Å². The van der Waals surface area contributed by atoms with E-state index < -0.39 is 6.17 Å². The van der Waals surface area contributed by atoms with E-state index in [0.29, 0.717) is 0 Å². The summed E-state index contributed by atoms with van der Waals surface area (Å²) in [6.45, 7) is 1.66. The lowest BCUT2D eigenvalue weighted by Gasteiger charge is -2.39. The van der Waals surface area contributed by atoms with Crippen LogP contribution in [0.3, 0.4) is 0 Å². The third-order valence-electron chi connectivity index (χ3n) is 3.95. The Bertz CT molecular complexity index is 336. The molecule has 1 aliphatic rings. The summed E-state index contributed by atoms with van der Waals surface area (Å²) in [5.74, 6) is 0.251. The first-order valence-corrected chi connectivity index (χ1v) is 6.09. The van der Waals surface area contributed by atoms with Gasteiger partial charge in [-0.25, -0.2) is 4.39 Å². The Morgan fingerprint density at radius 3 is 2.19 bits per heavy atom. The van der Waals surface area contributed by atoms with E-state index in [1.807, 2.05) is 12.1 Å². The van der Waals surface area contributed by atoms with Gasteiger partial charge < -0.3 is 5.11 Å². The molecule has 0 amide bonds. The van der Waals surface area contributed by atoms with Gasteiger partial charge in [-0.1, -0.05) is 31.4 Å². The maximum Gasteiger partial charge on any atom is 0.115 e. The first-order chi connectivity index (χ1) is 7.65. The van der Waals surface area contributed by atoms with Crippen LogP contribution in [0.1, 0.15) is 44.6 Å². The summed E-state index contributed by atoms with van der Waals surface area (Å²) in [6.07, 6.45) is 4.46. The fourth-order valence-corrected chi connectivity index (χ4v) is 2.89. The number of aromatic hydroxyl groups is 1. The minimum Gasteiger partial charge on any atom is -0.508 e. The summed E-state index contributed by atoms with van der Waals surface area (Å²) in [6, 6.07) is 7.07. The molecule has 1 aliphatic carbocycles. The molecule has 0 spiro atoms. The SMILES string of the molecule is CC(F)C1(c2ccc(O)cc2)CCCCC1. The Morgan fingerprint density at radius 2 is 1.69 bits per heavy atom. The van der Waals surface area contributed by atoms with E-state index >= 15 is 0 Å². The van der Waals surface area contributed by atoms with E-state index in [1.54, 1.807) is 19.1 Å². The number of rotatable bonds is 2. The third-order valence-corrected chi connectivity index (χ3v) is 3.95. The molecule has 88 valence electrons. The lowest BCUT2D eigenvalue weighted by Crippen LogP contribution is -2.37. The number of alkyl halides is 1. The molecule has 0 radical (unpaired) electrons. The summed E-state index contributed by atoms with van der Waals surface area (Å²) in [5, 5.41) is 9.28. The molecule has 1 fully saturated rings. The van der Waals surface area contributed by atoms with Crippen LogP contribution in [0.4, 0.5) is 4.39 Å². The number of hydrogen-bond acceptors (Lipinski definition) is 1. The standard InChI is InChI=1S/C14H19FO/c1-11(15)14(9-3-2-4-10-14)12-5-7-13(16)8-6-12/h5-8,11,16H,2-4,9-10H2,1H3. The first-order valence-electron chi connectivity index (χ1n) is 6.09. The predicted molar refractivity (Wildman–Crippen MR) is 63.4 cm³/mol. The number of hydrogen-bond donors (Lipinski definition) is 1. The summed E-state index contributed by atoms with van der Waals surface area (Å²) in [5.41, 5.74) is 0.728. The van der Waals surface area contributed by atoms with Gasteiger partial charge in [0.25, 0.3) is 0 Å². The van der Waals surface area contributed by atoms with Gasteiger partial charge in [-0.05, 0) is 37.5 Å². The molecular formula is C14H19FO. The van der Waals surface area contributed by atoms with E-state index in [0.717, 1.165) is 31.2 Å². The lowest BCUT2D eigenvalue weighted by molar-refractivity contribution is 0.151. The zero-order valence-electron chi connectivity index (χ0n) is 9.75. The van der Waals surface area contributed by atoms with Crippen LogP contribution in [0.15, 0.2) is 24.3 Å². The average Bonchev–Trinajstić information content (AvgIpc) is 2.30. The minimum atomic E-state index is -0.822. The molecular weight excluding hydrogens is 203 g/mol. The van der Waals surface area contributed by atoms with Crippen LogP contribution in [-0.4, -0.2) is 11.3 Å². The van der Waals surface area contributed by atoms with Gasteiger partial charge in [0.05, 0.1) is 0 Å². The zero-order valence-corrected chi connectivity index (χ0v) is 9.75. The molecule has 2 rings (SSSR count). The summed E-state index contributed by atoms with van der Waals surface area (Å²) in [7, 11) is 0. The lowest BCUT2D eigenvalue weighted by atomic mass is 9.67. The van der Waals surface area contributed by atoms with Crippen molar-refractivity contribution in [1.29, 1.82) is 0 Å². The van der Waals surface area contributed by atoms with E-state index in [9.17, 15) is 9.50 Å².